The fourth-order valence-corrected chi connectivity index (χ4v) is 2.58. The first kappa shape index (κ1) is 14.1. The van der Waals surface area contributed by atoms with Gasteiger partial charge in [-0.3, -0.25) is 9.88 Å². The van der Waals surface area contributed by atoms with Crippen LogP contribution in [-0.4, -0.2) is 50.3 Å². The highest BCUT2D eigenvalue weighted by Crippen LogP contribution is 2.30. The lowest BCUT2D eigenvalue weighted by molar-refractivity contribution is 0.187. The second-order valence-electron chi connectivity index (χ2n) is 4.89. The van der Waals surface area contributed by atoms with Crippen molar-refractivity contribution in [1.29, 1.82) is 0 Å². The Morgan fingerprint density at radius 1 is 1.32 bits per heavy atom. The Bertz CT molecular complexity index is 406. The van der Waals surface area contributed by atoms with Crippen LogP contribution in [0.25, 0.3) is 0 Å². The van der Waals surface area contributed by atoms with Gasteiger partial charge in [-0.25, -0.2) is 0 Å². The molecule has 0 saturated carbocycles. The number of nitrogens with zero attached hydrogens (tertiary/aromatic N) is 2. The van der Waals surface area contributed by atoms with Crippen molar-refractivity contribution in [3.63, 3.8) is 0 Å². The highest BCUT2D eigenvalue weighted by atomic mass is 16.5. The lowest BCUT2D eigenvalue weighted by Gasteiger charge is -2.31. The number of nitrogens with one attached hydrogen (secondary N) is 1. The molecule has 0 spiro atoms. The molecule has 1 fully saturated rings. The van der Waals surface area contributed by atoms with Gasteiger partial charge in [-0.2, -0.15) is 0 Å². The van der Waals surface area contributed by atoms with Crippen molar-refractivity contribution >= 4 is 0 Å². The van der Waals surface area contributed by atoms with Crippen LogP contribution in [0.15, 0.2) is 12.3 Å². The predicted molar refractivity (Wildman–Crippen MR) is 74.7 cm³/mol. The van der Waals surface area contributed by atoms with Gasteiger partial charge in [-0.15, -0.1) is 0 Å². The normalized spacial score (nSPS) is 16.6. The predicted octanol–water partition coefficient (Wildman–Crippen LogP) is 1.28. The summed E-state index contributed by atoms with van der Waals surface area (Å²) >= 11 is 0. The molecule has 2 heterocycles. The molecule has 0 unspecified atom stereocenters. The largest absolute Gasteiger partial charge is 0.493 e. The van der Waals surface area contributed by atoms with E-state index in [9.17, 15) is 0 Å². The standard InChI is InChI=1S/C14H23N3O2/c1-17(11-4-7-15-8-5-11)10-12-14(19-3)13(18-2)6-9-16-12/h6,9,11,15H,4-5,7-8,10H2,1-3H3. The monoisotopic (exact) mass is 265 g/mol. The van der Waals surface area contributed by atoms with Gasteiger partial charge in [0.05, 0.1) is 14.2 Å². The molecule has 1 N–H and O–H groups in total. The smallest absolute Gasteiger partial charge is 0.183 e. The minimum absolute atomic E-state index is 0.610. The number of aromatic nitrogens is 1. The van der Waals surface area contributed by atoms with Crippen molar-refractivity contribution in [3.8, 4) is 11.5 Å². The fourth-order valence-electron chi connectivity index (χ4n) is 2.58. The van der Waals surface area contributed by atoms with Crippen LogP contribution in [-0.2, 0) is 6.54 Å². The first-order valence-electron chi connectivity index (χ1n) is 6.73. The zero-order chi connectivity index (χ0) is 13.7. The van der Waals surface area contributed by atoms with Gasteiger partial charge >= 0.3 is 0 Å². The van der Waals surface area contributed by atoms with E-state index in [1.165, 1.54) is 12.8 Å². The van der Waals surface area contributed by atoms with Gasteiger partial charge in [0.25, 0.3) is 0 Å². The van der Waals surface area contributed by atoms with Gasteiger partial charge in [-0.1, -0.05) is 0 Å². The summed E-state index contributed by atoms with van der Waals surface area (Å²) in [5.74, 6) is 1.48. The molecule has 0 atom stereocenters. The molecule has 0 bridgehead atoms. The molecule has 1 aromatic heterocycles. The van der Waals surface area contributed by atoms with Crippen LogP contribution in [0.3, 0.4) is 0 Å². The molecule has 19 heavy (non-hydrogen) atoms. The summed E-state index contributed by atoms with van der Waals surface area (Å²) in [7, 11) is 5.46. The maximum atomic E-state index is 5.43. The summed E-state index contributed by atoms with van der Waals surface area (Å²) in [5.41, 5.74) is 0.933. The van der Waals surface area contributed by atoms with E-state index in [1.807, 2.05) is 6.07 Å². The molecular weight excluding hydrogens is 242 g/mol. The number of pyridine rings is 1. The molecule has 1 saturated heterocycles. The summed E-state index contributed by atoms with van der Waals surface area (Å²) in [5, 5.41) is 3.39. The number of methoxy groups -OCH3 is 2. The Morgan fingerprint density at radius 3 is 2.68 bits per heavy atom. The highest BCUT2D eigenvalue weighted by Gasteiger charge is 2.20. The molecule has 0 aliphatic carbocycles. The summed E-state index contributed by atoms with van der Waals surface area (Å²) in [4.78, 5) is 6.78. The van der Waals surface area contributed by atoms with E-state index in [4.69, 9.17) is 9.47 Å². The Hall–Kier alpha value is -1.33. The first-order valence-corrected chi connectivity index (χ1v) is 6.73. The van der Waals surface area contributed by atoms with Crippen molar-refractivity contribution in [2.24, 2.45) is 0 Å². The minimum Gasteiger partial charge on any atom is -0.493 e. The molecule has 1 aliphatic rings. The zero-order valence-corrected chi connectivity index (χ0v) is 12.0. The average molecular weight is 265 g/mol. The molecule has 0 radical (unpaired) electrons. The Kier molecular flexibility index (Phi) is 4.99. The quantitative estimate of drug-likeness (QED) is 0.869. The number of hydrogen-bond acceptors (Lipinski definition) is 5. The Morgan fingerprint density at radius 2 is 2.05 bits per heavy atom. The number of rotatable bonds is 5. The van der Waals surface area contributed by atoms with E-state index in [0.717, 1.165) is 36.8 Å². The minimum atomic E-state index is 0.610. The lowest BCUT2D eigenvalue weighted by atomic mass is 10.1. The Labute approximate surface area is 114 Å². The molecule has 2 rings (SSSR count). The van der Waals surface area contributed by atoms with Crippen LogP contribution in [0.4, 0.5) is 0 Å². The van der Waals surface area contributed by atoms with Gasteiger partial charge in [0.1, 0.15) is 5.69 Å². The molecular formula is C14H23N3O2. The van der Waals surface area contributed by atoms with Crippen LogP contribution in [0.1, 0.15) is 18.5 Å². The summed E-state index contributed by atoms with van der Waals surface area (Å²) in [6, 6.07) is 2.44. The van der Waals surface area contributed by atoms with E-state index >= 15 is 0 Å². The van der Waals surface area contributed by atoms with Crippen molar-refractivity contribution in [2.75, 3.05) is 34.4 Å². The maximum Gasteiger partial charge on any atom is 0.183 e. The maximum absolute atomic E-state index is 5.43. The Balaban J connectivity index is 2.09. The van der Waals surface area contributed by atoms with Gasteiger partial charge in [0, 0.05) is 24.8 Å². The van der Waals surface area contributed by atoms with E-state index in [-0.39, 0.29) is 0 Å². The zero-order valence-electron chi connectivity index (χ0n) is 12.0. The number of piperidine rings is 1. The van der Waals surface area contributed by atoms with Gasteiger partial charge in [0.15, 0.2) is 11.5 Å². The van der Waals surface area contributed by atoms with E-state index in [2.05, 4.69) is 22.2 Å². The van der Waals surface area contributed by atoms with Crippen LogP contribution >= 0.6 is 0 Å². The number of ether oxygens (including phenoxy) is 2. The van der Waals surface area contributed by atoms with E-state index in [0.29, 0.717) is 6.04 Å². The fraction of sp³-hybridized carbons (Fsp3) is 0.643. The van der Waals surface area contributed by atoms with E-state index < -0.39 is 0 Å². The molecule has 5 nitrogen and oxygen atoms in total. The van der Waals surface area contributed by atoms with Crippen LogP contribution in [0.2, 0.25) is 0 Å². The molecule has 5 heteroatoms. The van der Waals surface area contributed by atoms with Gasteiger partial charge in [0.2, 0.25) is 0 Å². The molecule has 1 aromatic rings. The van der Waals surface area contributed by atoms with Crippen molar-refractivity contribution in [3.05, 3.63) is 18.0 Å². The second kappa shape index (κ2) is 6.73. The van der Waals surface area contributed by atoms with Crippen LogP contribution in [0.5, 0.6) is 11.5 Å². The van der Waals surface area contributed by atoms with Gasteiger partial charge < -0.3 is 14.8 Å². The second-order valence-corrected chi connectivity index (χ2v) is 4.89. The molecule has 106 valence electrons. The molecule has 0 aromatic carbocycles. The van der Waals surface area contributed by atoms with Crippen LogP contribution in [0, 0.1) is 0 Å². The third kappa shape index (κ3) is 3.36. The first-order chi connectivity index (χ1) is 9.26. The van der Waals surface area contributed by atoms with Crippen LogP contribution < -0.4 is 14.8 Å². The number of hydrogen-bond donors (Lipinski definition) is 1. The van der Waals surface area contributed by atoms with E-state index in [1.54, 1.807) is 20.4 Å². The average Bonchev–Trinajstić information content (AvgIpc) is 2.47. The lowest BCUT2D eigenvalue weighted by Crippen LogP contribution is -2.40. The third-order valence-electron chi connectivity index (χ3n) is 3.70. The topological polar surface area (TPSA) is 46.6 Å². The van der Waals surface area contributed by atoms with Crippen molar-refractivity contribution < 1.29 is 9.47 Å². The summed E-state index contributed by atoms with van der Waals surface area (Å²) in [6.45, 7) is 2.97. The summed E-state index contributed by atoms with van der Waals surface area (Å²) < 4.78 is 10.7. The third-order valence-corrected chi connectivity index (χ3v) is 3.70. The van der Waals surface area contributed by atoms with Crippen molar-refractivity contribution in [2.45, 2.75) is 25.4 Å². The SMILES string of the molecule is COc1ccnc(CN(C)C2CCNCC2)c1OC. The summed E-state index contributed by atoms with van der Waals surface area (Å²) in [6.07, 6.45) is 4.14. The highest BCUT2D eigenvalue weighted by molar-refractivity contribution is 5.42. The molecule has 1 aliphatic heterocycles. The van der Waals surface area contributed by atoms with Gasteiger partial charge in [-0.05, 0) is 33.0 Å². The van der Waals surface area contributed by atoms with Crippen molar-refractivity contribution in [1.82, 2.24) is 15.2 Å². The molecule has 0 amide bonds.